The van der Waals surface area contributed by atoms with E-state index in [0.29, 0.717) is 0 Å². The fourth-order valence-corrected chi connectivity index (χ4v) is 4.01. The van der Waals surface area contributed by atoms with Crippen LogP contribution in [0.15, 0.2) is 12.1 Å². The smallest absolute Gasteiger partial charge is 0.125 e. The van der Waals surface area contributed by atoms with E-state index in [4.69, 9.17) is 10.5 Å². The van der Waals surface area contributed by atoms with Gasteiger partial charge >= 0.3 is 0 Å². The van der Waals surface area contributed by atoms with Gasteiger partial charge in [-0.1, -0.05) is 6.92 Å². The quantitative estimate of drug-likeness (QED) is 0.839. The maximum absolute atomic E-state index is 6.55. The summed E-state index contributed by atoms with van der Waals surface area (Å²) in [4.78, 5) is 4.42. The van der Waals surface area contributed by atoms with Gasteiger partial charge in [0.1, 0.15) is 17.7 Å². The Kier molecular flexibility index (Phi) is 5.25. The zero-order valence-electron chi connectivity index (χ0n) is 16.3. The van der Waals surface area contributed by atoms with E-state index in [0.717, 1.165) is 50.5 Å². The van der Waals surface area contributed by atoms with Crippen LogP contribution in [0.25, 0.3) is 10.9 Å². The summed E-state index contributed by atoms with van der Waals surface area (Å²) in [5.41, 5.74) is 10.5. The monoisotopic (exact) mass is 344 g/mol. The molecule has 0 saturated heterocycles. The van der Waals surface area contributed by atoms with Gasteiger partial charge in [0.2, 0.25) is 0 Å². The van der Waals surface area contributed by atoms with Crippen molar-refractivity contribution in [3.8, 4) is 5.75 Å². The second-order valence-electron chi connectivity index (χ2n) is 7.67. The maximum Gasteiger partial charge on any atom is 0.125 e. The van der Waals surface area contributed by atoms with Crippen molar-refractivity contribution in [3.05, 3.63) is 23.3 Å². The largest absolute Gasteiger partial charge is 0.488 e. The lowest BCUT2D eigenvalue weighted by atomic mass is 10.0. The number of fused-ring (bicyclic) bond motifs is 3. The molecule has 1 aliphatic heterocycles. The van der Waals surface area contributed by atoms with Crippen molar-refractivity contribution in [1.29, 1.82) is 0 Å². The van der Waals surface area contributed by atoms with Crippen molar-refractivity contribution in [2.75, 3.05) is 47.0 Å². The number of benzene rings is 1. The zero-order valence-corrected chi connectivity index (χ0v) is 16.3. The van der Waals surface area contributed by atoms with Gasteiger partial charge in [-0.25, -0.2) is 0 Å². The summed E-state index contributed by atoms with van der Waals surface area (Å²) >= 11 is 0. The molecular weight excluding hydrogens is 312 g/mol. The van der Waals surface area contributed by atoms with E-state index in [1.54, 1.807) is 0 Å². The van der Waals surface area contributed by atoms with Crippen molar-refractivity contribution in [2.24, 2.45) is 0 Å². The number of aromatic nitrogens is 1. The van der Waals surface area contributed by atoms with Gasteiger partial charge in [0, 0.05) is 36.0 Å². The molecule has 1 aromatic heterocycles. The first kappa shape index (κ1) is 18.1. The lowest BCUT2D eigenvalue weighted by molar-refractivity contribution is 0.184. The number of hydrogen-bond acceptors (Lipinski definition) is 4. The van der Waals surface area contributed by atoms with Crippen LogP contribution in [-0.2, 0) is 19.4 Å². The predicted octanol–water partition coefficient (Wildman–Crippen LogP) is 2.60. The van der Waals surface area contributed by atoms with Gasteiger partial charge in [0.05, 0.1) is 5.52 Å². The Morgan fingerprint density at radius 3 is 2.60 bits per heavy atom. The van der Waals surface area contributed by atoms with Crippen LogP contribution < -0.4 is 10.5 Å². The van der Waals surface area contributed by atoms with E-state index in [1.165, 1.54) is 22.0 Å². The van der Waals surface area contributed by atoms with Crippen LogP contribution in [0.3, 0.4) is 0 Å². The highest BCUT2D eigenvalue weighted by molar-refractivity contribution is 5.93. The van der Waals surface area contributed by atoms with E-state index < -0.39 is 0 Å². The van der Waals surface area contributed by atoms with Gasteiger partial charge in [-0.3, -0.25) is 0 Å². The minimum absolute atomic E-state index is 0.229. The molecule has 2 heterocycles. The molecular formula is C20H32N4O. The number of rotatable bonds is 7. The van der Waals surface area contributed by atoms with E-state index >= 15 is 0 Å². The number of nitrogens with zero attached hydrogens (tertiary/aromatic N) is 3. The van der Waals surface area contributed by atoms with Crippen LogP contribution in [0.1, 0.15) is 24.5 Å². The second kappa shape index (κ2) is 7.26. The minimum atomic E-state index is 0.229. The number of ether oxygens (including phenoxy) is 1. The van der Waals surface area contributed by atoms with Crippen LogP contribution in [0.2, 0.25) is 0 Å². The molecule has 0 saturated carbocycles. The summed E-state index contributed by atoms with van der Waals surface area (Å²) in [7, 11) is 8.43. The Labute approximate surface area is 151 Å². The highest BCUT2D eigenvalue weighted by Gasteiger charge is 2.28. The molecule has 0 radical (unpaired) electrons. The van der Waals surface area contributed by atoms with Gasteiger partial charge < -0.3 is 24.8 Å². The number of aryl methyl sites for hydroxylation is 2. The molecule has 1 atom stereocenters. The summed E-state index contributed by atoms with van der Waals surface area (Å²) < 4.78 is 8.53. The van der Waals surface area contributed by atoms with E-state index in [2.05, 4.69) is 61.6 Å². The SMILES string of the molecule is CCc1c(N)n(CCCN(C)C)c2c3c(ccc12)OC(CN(C)C)C3. The zero-order chi connectivity index (χ0) is 18.1. The average Bonchev–Trinajstić information content (AvgIpc) is 3.04. The summed E-state index contributed by atoms with van der Waals surface area (Å²) in [6, 6.07) is 4.33. The molecule has 0 fully saturated rings. The Morgan fingerprint density at radius 1 is 1.20 bits per heavy atom. The third kappa shape index (κ3) is 3.48. The molecule has 5 heteroatoms. The Hall–Kier alpha value is -1.72. The van der Waals surface area contributed by atoms with Gasteiger partial charge in [-0.2, -0.15) is 0 Å². The fraction of sp³-hybridized carbons (Fsp3) is 0.600. The number of likely N-dealkylation sites (N-methyl/N-ethyl adjacent to an activating group) is 1. The van der Waals surface area contributed by atoms with Crippen molar-refractivity contribution in [2.45, 2.75) is 38.8 Å². The van der Waals surface area contributed by atoms with Crippen LogP contribution in [-0.4, -0.2) is 61.8 Å². The normalized spacial score (nSPS) is 16.8. The molecule has 0 aliphatic carbocycles. The molecule has 1 aliphatic rings. The molecule has 1 unspecified atom stereocenters. The number of nitrogens with two attached hydrogens (primary N) is 1. The summed E-state index contributed by atoms with van der Waals surface area (Å²) in [6.45, 7) is 5.14. The lowest BCUT2D eigenvalue weighted by Crippen LogP contribution is -2.29. The Balaban J connectivity index is 2.01. The molecule has 0 spiro atoms. The highest BCUT2D eigenvalue weighted by Crippen LogP contribution is 2.40. The van der Waals surface area contributed by atoms with Crippen molar-refractivity contribution in [3.63, 3.8) is 0 Å². The third-order valence-corrected chi connectivity index (χ3v) is 5.07. The fourth-order valence-electron chi connectivity index (χ4n) is 4.01. The van der Waals surface area contributed by atoms with Crippen LogP contribution in [0.5, 0.6) is 5.75 Å². The average molecular weight is 345 g/mol. The van der Waals surface area contributed by atoms with Gasteiger partial charge in [0.25, 0.3) is 0 Å². The third-order valence-electron chi connectivity index (χ3n) is 5.07. The van der Waals surface area contributed by atoms with E-state index in [1.807, 2.05) is 0 Å². The van der Waals surface area contributed by atoms with Gasteiger partial charge in [0.15, 0.2) is 0 Å². The molecule has 2 N–H and O–H groups in total. The molecule has 5 nitrogen and oxygen atoms in total. The molecule has 0 bridgehead atoms. The van der Waals surface area contributed by atoms with E-state index in [9.17, 15) is 0 Å². The van der Waals surface area contributed by atoms with Gasteiger partial charge in [-0.15, -0.1) is 0 Å². The molecule has 1 aromatic carbocycles. The van der Waals surface area contributed by atoms with Crippen molar-refractivity contribution < 1.29 is 4.74 Å². The molecule has 3 rings (SSSR count). The predicted molar refractivity (Wildman–Crippen MR) is 106 cm³/mol. The van der Waals surface area contributed by atoms with E-state index in [-0.39, 0.29) is 6.10 Å². The summed E-state index contributed by atoms with van der Waals surface area (Å²) in [5.74, 6) is 1.97. The van der Waals surface area contributed by atoms with Crippen molar-refractivity contribution in [1.82, 2.24) is 14.4 Å². The topological polar surface area (TPSA) is 46.7 Å². The standard InChI is InChI=1S/C20H32N4O/c1-6-15-16-8-9-18-17(12-14(25-18)13-23(4)5)19(16)24(20(15)21)11-7-10-22(2)3/h8-9,14H,6-7,10-13,21H2,1-5H3. The summed E-state index contributed by atoms with van der Waals surface area (Å²) in [6.07, 6.45) is 3.25. The van der Waals surface area contributed by atoms with Crippen LogP contribution >= 0.6 is 0 Å². The van der Waals surface area contributed by atoms with Crippen LogP contribution in [0.4, 0.5) is 5.82 Å². The first-order valence-corrected chi connectivity index (χ1v) is 9.30. The van der Waals surface area contributed by atoms with Crippen LogP contribution in [0, 0.1) is 0 Å². The first-order chi connectivity index (χ1) is 11.9. The second-order valence-corrected chi connectivity index (χ2v) is 7.67. The molecule has 0 amide bonds. The Morgan fingerprint density at radius 2 is 1.96 bits per heavy atom. The minimum Gasteiger partial charge on any atom is -0.488 e. The Bertz CT molecular complexity index is 748. The lowest BCUT2D eigenvalue weighted by Gasteiger charge is -2.15. The number of hydrogen-bond donors (Lipinski definition) is 1. The molecule has 25 heavy (non-hydrogen) atoms. The molecule has 2 aromatic rings. The maximum atomic E-state index is 6.55. The number of nitrogen functional groups attached to an aromatic ring is 1. The first-order valence-electron chi connectivity index (χ1n) is 9.30. The summed E-state index contributed by atoms with van der Waals surface area (Å²) in [5, 5.41) is 1.30. The van der Waals surface area contributed by atoms with Gasteiger partial charge in [-0.05, 0) is 59.7 Å². The number of anilines is 1. The highest BCUT2D eigenvalue weighted by atomic mass is 16.5. The molecule has 138 valence electrons. The van der Waals surface area contributed by atoms with Crippen molar-refractivity contribution >= 4 is 16.7 Å².